The van der Waals surface area contributed by atoms with Crippen LogP contribution >= 0.6 is 0 Å². The average molecular weight is 197 g/mol. The van der Waals surface area contributed by atoms with E-state index in [1.54, 1.807) is 0 Å². The zero-order valence-electron chi connectivity index (χ0n) is 9.05. The predicted octanol–water partition coefficient (Wildman–Crippen LogP) is 1.56. The van der Waals surface area contributed by atoms with Crippen LogP contribution in [0.4, 0.5) is 0 Å². The van der Waals surface area contributed by atoms with Gasteiger partial charge in [-0.2, -0.15) is 0 Å². The lowest BCUT2D eigenvalue weighted by molar-refractivity contribution is 0.439. The summed E-state index contributed by atoms with van der Waals surface area (Å²) in [5, 5.41) is 11.0. The number of nitrogens with zero attached hydrogens (tertiary/aromatic N) is 2. The maximum Gasteiger partial charge on any atom is 0.217 e. The molecule has 4 nitrogen and oxygen atoms in total. The average Bonchev–Trinajstić information content (AvgIpc) is 2.63. The van der Waals surface area contributed by atoms with Crippen molar-refractivity contribution in [1.82, 2.24) is 15.5 Å². The highest BCUT2D eigenvalue weighted by atomic mass is 16.4. The zero-order chi connectivity index (χ0) is 10.2. The van der Waals surface area contributed by atoms with Gasteiger partial charge in [0.15, 0.2) is 0 Å². The number of hydrogen-bond acceptors (Lipinski definition) is 4. The molecule has 1 rings (SSSR count). The third-order valence-corrected chi connectivity index (χ3v) is 2.09. The molecule has 80 valence electrons. The minimum absolute atomic E-state index is 0.742. The fourth-order valence-corrected chi connectivity index (χ4v) is 1.25. The SMILES string of the molecule is CCCCCc1nnc(CCNC)o1. The van der Waals surface area contributed by atoms with E-state index in [1.165, 1.54) is 12.8 Å². The van der Waals surface area contributed by atoms with E-state index in [4.69, 9.17) is 4.42 Å². The Kier molecular flexibility index (Phi) is 5.22. The summed E-state index contributed by atoms with van der Waals surface area (Å²) in [6, 6.07) is 0. The topological polar surface area (TPSA) is 51.0 Å². The van der Waals surface area contributed by atoms with E-state index in [1.807, 2.05) is 7.05 Å². The number of aryl methyl sites for hydroxylation is 1. The molecule has 0 atom stereocenters. The molecule has 1 aromatic rings. The van der Waals surface area contributed by atoms with Crippen molar-refractivity contribution in [3.8, 4) is 0 Å². The molecular formula is C10H19N3O. The molecule has 0 aliphatic heterocycles. The first-order chi connectivity index (χ1) is 6.86. The smallest absolute Gasteiger partial charge is 0.217 e. The molecule has 0 unspecified atom stereocenters. The molecule has 0 amide bonds. The number of unbranched alkanes of at least 4 members (excludes halogenated alkanes) is 2. The van der Waals surface area contributed by atoms with Gasteiger partial charge in [0, 0.05) is 19.4 Å². The summed E-state index contributed by atoms with van der Waals surface area (Å²) in [5.41, 5.74) is 0. The van der Waals surface area contributed by atoms with Crippen LogP contribution in [-0.4, -0.2) is 23.8 Å². The molecule has 0 saturated carbocycles. The van der Waals surface area contributed by atoms with Gasteiger partial charge < -0.3 is 9.73 Å². The molecule has 14 heavy (non-hydrogen) atoms. The van der Waals surface area contributed by atoms with Crippen molar-refractivity contribution in [2.45, 2.75) is 39.0 Å². The summed E-state index contributed by atoms with van der Waals surface area (Å²) < 4.78 is 5.47. The second kappa shape index (κ2) is 6.54. The lowest BCUT2D eigenvalue weighted by Crippen LogP contribution is -2.10. The Morgan fingerprint density at radius 1 is 1.14 bits per heavy atom. The maximum atomic E-state index is 5.47. The molecule has 4 heteroatoms. The first kappa shape index (κ1) is 11.2. The second-order valence-electron chi connectivity index (χ2n) is 3.40. The summed E-state index contributed by atoms with van der Waals surface area (Å²) in [4.78, 5) is 0. The van der Waals surface area contributed by atoms with E-state index >= 15 is 0 Å². The quantitative estimate of drug-likeness (QED) is 0.674. The molecular weight excluding hydrogens is 178 g/mol. The molecule has 0 aliphatic carbocycles. The third-order valence-electron chi connectivity index (χ3n) is 2.09. The Hall–Kier alpha value is -0.900. The lowest BCUT2D eigenvalue weighted by Gasteiger charge is -1.93. The van der Waals surface area contributed by atoms with Crippen LogP contribution in [0.5, 0.6) is 0 Å². The van der Waals surface area contributed by atoms with E-state index in [9.17, 15) is 0 Å². The van der Waals surface area contributed by atoms with Crippen molar-refractivity contribution < 1.29 is 4.42 Å². The largest absolute Gasteiger partial charge is 0.425 e. The highest BCUT2D eigenvalue weighted by Gasteiger charge is 2.04. The minimum atomic E-state index is 0.742. The van der Waals surface area contributed by atoms with Gasteiger partial charge in [-0.05, 0) is 13.5 Å². The van der Waals surface area contributed by atoms with E-state index in [0.29, 0.717) is 0 Å². The van der Waals surface area contributed by atoms with Crippen LogP contribution < -0.4 is 5.32 Å². The molecule has 0 saturated heterocycles. The Labute approximate surface area is 85.1 Å². The van der Waals surface area contributed by atoms with E-state index in [2.05, 4.69) is 22.4 Å². The monoisotopic (exact) mass is 197 g/mol. The second-order valence-corrected chi connectivity index (χ2v) is 3.40. The van der Waals surface area contributed by atoms with Crippen molar-refractivity contribution in [3.05, 3.63) is 11.8 Å². The van der Waals surface area contributed by atoms with Crippen molar-refractivity contribution in [1.29, 1.82) is 0 Å². The first-order valence-corrected chi connectivity index (χ1v) is 5.32. The van der Waals surface area contributed by atoms with Crippen molar-refractivity contribution in [2.75, 3.05) is 13.6 Å². The van der Waals surface area contributed by atoms with E-state index in [-0.39, 0.29) is 0 Å². The van der Waals surface area contributed by atoms with Gasteiger partial charge in [-0.15, -0.1) is 10.2 Å². The van der Waals surface area contributed by atoms with Crippen molar-refractivity contribution >= 4 is 0 Å². The summed E-state index contributed by atoms with van der Waals surface area (Å²) in [7, 11) is 1.92. The molecule has 0 aliphatic rings. The summed E-state index contributed by atoms with van der Waals surface area (Å²) in [6.07, 6.45) is 5.33. The Morgan fingerprint density at radius 2 is 1.86 bits per heavy atom. The molecule has 1 N–H and O–H groups in total. The van der Waals surface area contributed by atoms with Crippen molar-refractivity contribution in [3.63, 3.8) is 0 Å². The number of hydrogen-bond donors (Lipinski definition) is 1. The molecule has 0 radical (unpaired) electrons. The van der Waals surface area contributed by atoms with Crippen LogP contribution in [0.25, 0.3) is 0 Å². The van der Waals surface area contributed by atoms with Gasteiger partial charge in [-0.25, -0.2) is 0 Å². The normalized spacial score (nSPS) is 10.7. The molecule has 1 heterocycles. The number of rotatable bonds is 7. The van der Waals surface area contributed by atoms with Gasteiger partial charge >= 0.3 is 0 Å². The Morgan fingerprint density at radius 3 is 2.50 bits per heavy atom. The summed E-state index contributed by atoms with van der Waals surface area (Å²) in [6.45, 7) is 3.07. The van der Waals surface area contributed by atoms with Crippen LogP contribution in [0.3, 0.4) is 0 Å². The highest BCUT2D eigenvalue weighted by Crippen LogP contribution is 2.05. The van der Waals surface area contributed by atoms with Gasteiger partial charge in [0.1, 0.15) is 0 Å². The van der Waals surface area contributed by atoms with Gasteiger partial charge in [-0.3, -0.25) is 0 Å². The minimum Gasteiger partial charge on any atom is -0.425 e. The zero-order valence-corrected chi connectivity index (χ0v) is 9.05. The third kappa shape index (κ3) is 3.87. The number of nitrogens with one attached hydrogen (secondary N) is 1. The van der Waals surface area contributed by atoms with Crippen LogP contribution in [0, 0.1) is 0 Å². The summed E-state index contributed by atoms with van der Waals surface area (Å²) in [5.74, 6) is 1.52. The maximum absolute atomic E-state index is 5.47. The first-order valence-electron chi connectivity index (χ1n) is 5.32. The van der Waals surface area contributed by atoms with E-state index in [0.717, 1.165) is 37.6 Å². The lowest BCUT2D eigenvalue weighted by atomic mass is 10.2. The molecule has 0 bridgehead atoms. The Bertz CT molecular complexity index is 247. The predicted molar refractivity (Wildman–Crippen MR) is 55.2 cm³/mol. The van der Waals surface area contributed by atoms with E-state index < -0.39 is 0 Å². The molecule has 0 fully saturated rings. The Balaban J connectivity index is 2.27. The van der Waals surface area contributed by atoms with Crippen LogP contribution in [0.15, 0.2) is 4.42 Å². The van der Waals surface area contributed by atoms with Gasteiger partial charge in [0.05, 0.1) is 0 Å². The van der Waals surface area contributed by atoms with Gasteiger partial charge in [0.2, 0.25) is 11.8 Å². The van der Waals surface area contributed by atoms with Crippen LogP contribution in [-0.2, 0) is 12.8 Å². The fraction of sp³-hybridized carbons (Fsp3) is 0.800. The molecule has 0 spiro atoms. The van der Waals surface area contributed by atoms with Gasteiger partial charge in [0.25, 0.3) is 0 Å². The molecule has 0 aromatic carbocycles. The van der Waals surface area contributed by atoms with Gasteiger partial charge in [-0.1, -0.05) is 19.8 Å². The number of likely N-dealkylation sites (N-methyl/N-ethyl adjacent to an activating group) is 1. The van der Waals surface area contributed by atoms with Crippen molar-refractivity contribution in [2.24, 2.45) is 0 Å². The standard InChI is InChI=1S/C10H19N3O/c1-3-4-5-6-9-12-13-10(14-9)7-8-11-2/h11H,3-8H2,1-2H3. The van der Waals surface area contributed by atoms with Crippen LogP contribution in [0.1, 0.15) is 38.0 Å². The highest BCUT2D eigenvalue weighted by molar-refractivity contribution is 4.82. The summed E-state index contributed by atoms with van der Waals surface area (Å²) >= 11 is 0. The molecule has 1 aromatic heterocycles. The number of aromatic nitrogens is 2. The van der Waals surface area contributed by atoms with Crippen LogP contribution in [0.2, 0.25) is 0 Å². The fourth-order valence-electron chi connectivity index (χ4n) is 1.25.